The largest absolute Gasteiger partial charge is 0.466 e. The van der Waals surface area contributed by atoms with Gasteiger partial charge in [-0.2, -0.15) is 14.9 Å². The van der Waals surface area contributed by atoms with Gasteiger partial charge in [-0.3, -0.25) is 4.79 Å². The topological polar surface area (TPSA) is 139 Å². The third-order valence-corrected chi connectivity index (χ3v) is 9.67. The van der Waals surface area contributed by atoms with E-state index in [0.29, 0.717) is 56.3 Å². The van der Waals surface area contributed by atoms with Gasteiger partial charge in [-0.25, -0.2) is 9.59 Å². The van der Waals surface area contributed by atoms with Crippen molar-refractivity contribution < 1.29 is 28.6 Å². The number of aromatic nitrogens is 3. The van der Waals surface area contributed by atoms with Gasteiger partial charge >= 0.3 is 18.0 Å². The summed E-state index contributed by atoms with van der Waals surface area (Å²) < 4.78 is 18.8. The Morgan fingerprint density at radius 1 is 0.978 bits per heavy atom. The van der Waals surface area contributed by atoms with E-state index in [-0.39, 0.29) is 46.8 Å². The van der Waals surface area contributed by atoms with Crippen molar-refractivity contribution in [1.29, 1.82) is 5.26 Å². The van der Waals surface area contributed by atoms with Crippen molar-refractivity contribution in [1.82, 2.24) is 19.5 Å². The number of unbranched alkanes of at least 4 members (excludes halogenated alkanes) is 3. The summed E-state index contributed by atoms with van der Waals surface area (Å²) in [6.07, 6.45) is 10.8. The number of ether oxygens (including phenoxy) is 3. The lowest BCUT2D eigenvalue weighted by atomic mass is 9.70. The number of nitrogens with zero attached hydrogens (tertiary/aromatic N) is 4. The second kappa shape index (κ2) is 16.8. The number of piperidine rings is 1. The van der Waals surface area contributed by atoms with Gasteiger partial charge in [0.25, 0.3) is 0 Å². The number of aromatic amines is 1. The summed E-state index contributed by atoms with van der Waals surface area (Å²) in [5.74, 6) is 0.523. The number of esters is 2. The third-order valence-electron chi connectivity index (χ3n) is 9.67. The Balaban J connectivity index is 1.64. The SMILES string of the molecule is CCCCc1nn2c(OC(=O)N3CCC(C(=O)OCC)CC3)c(C#N)c(C(=O)OC3C(CCCC)CC(C)CC3CCCC)c2[nH]1. The molecule has 1 saturated heterocycles. The van der Waals surface area contributed by atoms with Crippen LogP contribution in [0.2, 0.25) is 0 Å². The number of rotatable bonds is 14. The zero-order valence-corrected chi connectivity index (χ0v) is 28.4. The number of hydrogen-bond donors (Lipinski definition) is 1. The molecule has 1 saturated carbocycles. The maximum atomic E-state index is 14.2. The minimum absolute atomic E-state index is 0.0590. The first-order chi connectivity index (χ1) is 22.3. The van der Waals surface area contributed by atoms with Gasteiger partial charge in [-0.1, -0.05) is 59.8 Å². The number of carbonyl (C=O) groups is 3. The van der Waals surface area contributed by atoms with Gasteiger partial charge in [0.05, 0.1) is 12.5 Å². The number of aryl methyl sites for hydroxylation is 1. The molecule has 0 bridgehead atoms. The molecule has 46 heavy (non-hydrogen) atoms. The second-order valence-electron chi connectivity index (χ2n) is 13.2. The molecule has 2 unspecified atom stereocenters. The van der Waals surface area contributed by atoms with Gasteiger partial charge in [-0.05, 0) is 69.6 Å². The molecule has 11 nitrogen and oxygen atoms in total. The first kappa shape index (κ1) is 35.3. The number of nitriles is 1. The average Bonchev–Trinajstić information content (AvgIpc) is 3.59. The molecule has 1 aliphatic heterocycles. The zero-order valence-electron chi connectivity index (χ0n) is 28.4. The number of likely N-dealkylation sites (tertiary alicyclic amines) is 1. The van der Waals surface area contributed by atoms with Crippen molar-refractivity contribution in [3.8, 4) is 11.9 Å². The van der Waals surface area contributed by atoms with Crippen molar-refractivity contribution in [3.05, 3.63) is 17.0 Å². The van der Waals surface area contributed by atoms with Crippen LogP contribution in [0.4, 0.5) is 4.79 Å². The van der Waals surface area contributed by atoms with Gasteiger partial charge in [0.1, 0.15) is 29.1 Å². The average molecular weight is 640 g/mol. The van der Waals surface area contributed by atoms with Crippen LogP contribution in [0, 0.1) is 35.0 Å². The lowest BCUT2D eigenvalue weighted by molar-refractivity contribution is -0.149. The highest BCUT2D eigenvalue weighted by Crippen LogP contribution is 2.41. The Morgan fingerprint density at radius 2 is 1.61 bits per heavy atom. The van der Waals surface area contributed by atoms with Gasteiger partial charge in [0, 0.05) is 19.5 Å². The Kier molecular flexibility index (Phi) is 12.9. The smallest absolute Gasteiger partial charge is 0.416 e. The van der Waals surface area contributed by atoms with E-state index in [1.807, 2.05) is 0 Å². The molecule has 2 aromatic rings. The Bertz CT molecular complexity index is 1350. The summed E-state index contributed by atoms with van der Waals surface area (Å²) in [6.45, 7) is 11.5. The molecule has 2 aromatic heterocycles. The minimum atomic E-state index is -0.656. The molecule has 0 spiro atoms. The summed E-state index contributed by atoms with van der Waals surface area (Å²) in [7, 11) is 0. The highest BCUT2D eigenvalue weighted by Gasteiger charge is 2.40. The van der Waals surface area contributed by atoms with Crippen LogP contribution >= 0.6 is 0 Å². The van der Waals surface area contributed by atoms with E-state index in [1.165, 1.54) is 9.42 Å². The summed E-state index contributed by atoms with van der Waals surface area (Å²) in [5.41, 5.74) is 0.291. The number of hydrogen-bond acceptors (Lipinski definition) is 8. The van der Waals surface area contributed by atoms with Crippen molar-refractivity contribution in [2.24, 2.45) is 23.7 Å². The third kappa shape index (κ3) is 8.23. The monoisotopic (exact) mass is 639 g/mol. The number of H-pyrrole nitrogens is 1. The molecule has 254 valence electrons. The highest BCUT2D eigenvalue weighted by atomic mass is 16.6. The van der Waals surface area contributed by atoms with Crippen LogP contribution < -0.4 is 4.74 Å². The van der Waals surface area contributed by atoms with E-state index < -0.39 is 12.1 Å². The maximum Gasteiger partial charge on any atom is 0.416 e. The molecule has 0 radical (unpaired) electrons. The minimum Gasteiger partial charge on any atom is -0.466 e. The van der Waals surface area contributed by atoms with E-state index in [0.717, 1.165) is 64.2 Å². The van der Waals surface area contributed by atoms with E-state index in [2.05, 4.69) is 43.8 Å². The summed E-state index contributed by atoms with van der Waals surface area (Å²) >= 11 is 0. The first-order valence-corrected chi connectivity index (χ1v) is 17.6. The predicted molar refractivity (Wildman–Crippen MR) is 173 cm³/mol. The molecule has 2 fully saturated rings. The van der Waals surface area contributed by atoms with E-state index in [9.17, 15) is 19.6 Å². The Morgan fingerprint density at radius 3 is 2.17 bits per heavy atom. The van der Waals surface area contributed by atoms with E-state index in [1.54, 1.807) is 6.92 Å². The van der Waals surface area contributed by atoms with Crippen LogP contribution in [-0.4, -0.2) is 63.3 Å². The van der Waals surface area contributed by atoms with Crippen LogP contribution in [0.25, 0.3) is 5.65 Å². The molecular weight excluding hydrogens is 586 g/mol. The Hall–Kier alpha value is -3.55. The number of amides is 1. The fraction of sp³-hybridized carbons (Fsp3) is 0.743. The zero-order chi connectivity index (χ0) is 33.2. The number of carbonyl (C=O) groups excluding carboxylic acids is 3. The standard InChI is InChI=1S/C35H53N5O6/c1-6-10-13-25-20-23(5)21-26(14-11-7-2)30(25)45-34(42)29-27(22-36)32(40-31(29)37-28(38-40)15-12-8-3)46-35(43)39-18-16-24(17-19-39)33(41)44-9-4/h23-26,30H,6-21H2,1-5H3,(H,37,38). The van der Waals surface area contributed by atoms with Crippen LogP contribution in [0.1, 0.15) is 133 Å². The number of nitrogens with one attached hydrogen (secondary N) is 1. The fourth-order valence-corrected chi connectivity index (χ4v) is 7.25. The van der Waals surface area contributed by atoms with Crippen molar-refractivity contribution >= 4 is 23.7 Å². The van der Waals surface area contributed by atoms with Crippen molar-refractivity contribution in [2.45, 2.75) is 124 Å². The predicted octanol–water partition coefficient (Wildman–Crippen LogP) is 7.22. The molecule has 11 heteroatoms. The van der Waals surface area contributed by atoms with Gasteiger partial charge in [0.15, 0.2) is 5.65 Å². The molecule has 1 aliphatic carbocycles. The Labute approximate surface area is 273 Å². The van der Waals surface area contributed by atoms with Gasteiger partial charge < -0.3 is 24.1 Å². The van der Waals surface area contributed by atoms with Crippen LogP contribution in [0.15, 0.2) is 0 Å². The quantitative estimate of drug-likeness (QED) is 0.214. The first-order valence-electron chi connectivity index (χ1n) is 17.6. The van der Waals surface area contributed by atoms with Crippen LogP contribution in [-0.2, 0) is 20.7 Å². The second-order valence-corrected chi connectivity index (χ2v) is 13.2. The summed E-state index contributed by atoms with van der Waals surface area (Å²) in [6, 6.07) is 2.12. The van der Waals surface area contributed by atoms with Crippen molar-refractivity contribution in [2.75, 3.05) is 19.7 Å². The fourth-order valence-electron chi connectivity index (χ4n) is 7.25. The molecular formula is C35H53N5O6. The molecule has 2 aliphatic rings. The summed E-state index contributed by atoms with van der Waals surface area (Å²) in [5, 5.41) is 15.0. The lowest BCUT2D eigenvalue weighted by Crippen LogP contribution is -2.42. The highest BCUT2D eigenvalue weighted by molar-refractivity contribution is 6.00. The van der Waals surface area contributed by atoms with Gasteiger partial charge in [-0.15, -0.1) is 0 Å². The molecule has 1 amide bonds. The van der Waals surface area contributed by atoms with Crippen LogP contribution in [0.5, 0.6) is 5.88 Å². The molecule has 2 atom stereocenters. The normalized spacial score (nSPS) is 22.0. The molecule has 0 aromatic carbocycles. The maximum absolute atomic E-state index is 14.2. The molecule has 3 heterocycles. The molecule has 4 rings (SSSR count). The number of fused-ring (bicyclic) bond motifs is 1. The van der Waals surface area contributed by atoms with Crippen LogP contribution in [0.3, 0.4) is 0 Å². The van der Waals surface area contributed by atoms with Crippen molar-refractivity contribution in [3.63, 3.8) is 0 Å². The summed E-state index contributed by atoms with van der Waals surface area (Å²) in [4.78, 5) is 44.5. The molecule has 1 N–H and O–H groups in total. The van der Waals surface area contributed by atoms with E-state index >= 15 is 0 Å². The lowest BCUT2D eigenvalue weighted by Gasteiger charge is -2.40. The van der Waals surface area contributed by atoms with Gasteiger partial charge in [0.2, 0.25) is 5.88 Å². The van der Waals surface area contributed by atoms with E-state index in [4.69, 9.17) is 14.2 Å².